The molecule has 0 aromatic heterocycles. The molecule has 0 amide bonds. The lowest BCUT2D eigenvalue weighted by atomic mass is 10.0. The fourth-order valence-electron chi connectivity index (χ4n) is 1.88. The Kier molecular flexibility index (Phi) is 5.18. The predicted molar refractivity (Wildman–Crippen MR) is 84.4 cm³/mol. The fourth-order valence-corrected chi connectivity index (χ4v) is 2.14. The number of halogens is 1. The lowest BCUT2D eigenvalue weighted by Crippen LogP contribution is -2.06. The summed E-state index contributed by atoms with van der Waals surface area (Å²) in [5.74, 6) is 0.828. The van der Waals surface area contributed by atoms with E-state index in [0.29, 0.717) is 6.42 Å². The minimum Gasteiger partial charge on any atom is -0.497 e. The van der Waals surface area contributed by atoms with Crippen LogP contribution in [0.2, 0.25) is 0 Å². The van der Waals surface area contributed by atoms with Crippen molar-refractivity contribution in [2.45, 2.75) is 6.42 Å². The molecule has 0 unspecified atom stereocenters. The van der Waals surface area contributed by atoms with Crippen molar-refractivity contribution >= 4 is 21.6 Å². The van der Waals surface area contributed by atoms with Gasteiger partial charge in [0, 0.05) is 10.9 Å². The molecule has 20 heavy (non-hydrogen) atoms. The molecular formula is C16H16BrNO2. The van der Waals surface area contributed by atoms with E-state index < -0.39 is 0 Å². The van der Waals surface area contributed by atoms with Gasteiger partial charge in [0.05, 0.1) is 12.8 Å². The van der Waals surface area contributed by atoms with Crippen LogP contribution in [0.4, 0.5) is 0 Å². The van der Waals surface area contributed by atoms with Crippen molar-refractivity contribution in [1.29, 1.82) is 0 Å². The largest absolute Gasteiger partial charge is 0.497 e. The van der Waals surface area contributed by atoms with Crippen LogP contribution in [-0.4, -0.2) is 19.9 Å². The molecule has 4 heteroatoms. The minimum absolute atomic E-state index is 0.716. The normalized spacial score (nSPS) is 11.2. The Morgan fingerprint density at radius 3 is 2.20 bits per heavy atom. The summed E-state index contributed by atoms with van der Waals surface area (Å²) in [6, 6.07) is 16.0. The topological polar surface area (TPSA) is 30.8 Å². The number of benzene rings is 2. The molecular weight excluding hydrogens is 318 g/mol. The Labute approximate surface area is 127 Å². The van der Waals surface area contributed by atoms with E-state index in [2.05, 4.69) is 33.2 Å². The van der Waals surface area contributed by atoms with Gasteiger partial charge in [-0.2, -0.15) is 0 Å². The molecule has 2 rings (SSSR count). The van der Waals surface area contributed by atoms with Crippen molar-refractivity contribution in [1.82, 2.24) is 0 Å². The highest BCUT2D eigenvalue weighted by Gasteiger charge is 2.07. The summed E-state index contributed by atoms with van der Waals surface area (Å²) in [6.07, 6.45) is 0.716. The van der Waals surface area contributed by atoms with Crippen molar-refractivity contribution in [3.8, 4) is 5.75 Å². The third kappa shape index (κ3) is 3.84. The van der Waals surface area contributed by atoms with E-state index in [0.717, 1.165) is 21.5 Å². The molecule has 0 radical (unpaired) electrons. The van der Waals surface area contributed by atoms with Crippen LogP contribution < -0.4 is 4.74 Å². The summed E-state index contributed by atoms with van der Waals surface area (Å²) in [5.41, 5.74) is 3.09. The van der Waals surface area contributed by atoms with Crippen LogP contribution in [-0.2, 0) is 11.3 Å². The van der Waals surface area contributed by atoms with Gasteiger partial charge in [-0.3, -0.25) is 0 Å². The van der Waals surface area contributed by atoms with E-state index in [-0.39, 0.29) is 0 Å². The Balaban J connectivity index is 2.22. The first-order chi connectivity index (χ1) is 9.72. The van der Waals surface area contributed by atoms with E-state index in [1.807, 2.05) is 36.4 Å². The molecule has 0 N–H and O–H groups in total. The molecule has 2 aromatic carbocycles. The monoisotopic (exact) mass is 333 g/mol. The molecule has 3 nitrogen and oxygen atoms in total. The zero-order valence-electron chi connectivity index (χ0n) is 11.5. The number of methoxy groups -OCH3 is 1. The molecule has 0 spiro atoms. The standard InChI is InChI=1S/C16H16BrNO2/c1-19-15-9-5-13(6-10-15)16(18-20-2)11-12-3-7-14(17)8-4-12/h3-10H,11H2,1-2H3. The summed E-state index contributed by atoms with van der Waals surface area (Å²) in [6.45, 7) is 0. The van der Waals surface area contributed by atoms with Crippen molar-refractivity contribution < 1.29 is 9.57 Å². The van der Waals surface area contributed by atoms with Crippen LogP contribution in [0.25, 0.3) is 0 Å². The van der Waals surface area contributed by atoms with Crippen LogP contribution in [0, 0.1) is 0 Å². The van der Waals surface area contributed by atoms with Crippen LogP contribution in [0.5, 0.6) is 5.75 Å². The summed E-state index contributed by atoms with van der Waals surface area (Å²) in [4.78, 5) is 4.96. The highest BCUT2D eigenvalue weighted by atomic mass is 79.9. The first kappa shape index (κ1) is 14.6. The first-order valence-electron chi connectivity index (χ1n) is 6.22. The van der Waals surface area contributed by atoms with Crippen LogP contribution >= 0.6 is 15.9 Å². The van der Waals surface area contributed by atoms with Gasteiger partial charge in [0.25, 0.3) is 0 Å². The fraction of sp³-hybridized carbons (Fsp3) is 0.188. The molecule has 0 aliphatic heterocycles. The minimum atomic E-state index is 0.716. The second kappa shape index (κ2) is 7.10. The first-order valence-corrected chi connectivity index (χ1v) is 7.01. The van der Waals surface area contributed by atoms with Crippen molar-refractivity contribution in [2.75, 3.05) is 14.2 Å². The lowest BCUT2D eigenvalue weighted by molar-refractivity contribution is 0.213. The zero-order chi connectivity index (χ0) is 14.4. The van der Waals surface area contributed by atoms with Gasteiger partial charge < -0.3 is 9.57 Å². The molecule has 2 aromatic rings. The Morgan fingerprint density at radius 1 is 1.00 bits per heavy atom. The van der Waals surface area contributed by atoms with Gasteiger partial charge in [-0.05, 0) is 47.5 Å². The van der Waals surface area contributed by atoms with Crippen molar-refractivity contribution in [3.63, 3.8) is 0 Å². The molecule has 0 saturated carbocycles. The maximum Gasteiger partial charge on any atom is 0.118 e. The number of nitrogens with zero attached hydrogens (tertiary/aromatic N) is 1. The molecule has 0 bridgehead atoms. The smallest absolute Gasteiger partial charge is 0.118 e. The molecule has 0 fully saturated rings. The predicted octanol–water partition coefficient (Wildman–Crippen LogP) is 4.05. The van der Waals surface area contributed by atoms with E-state index in [1.165, 1.54) is 5.56 Å². The molecule has 104 valence electrons. The third-order valence-electron chi connectivity index (χ3n) is 2.91. The highest BCUT2D eigenvalue weighted by molar-refractivity contribution is 9.10. The molecule has 0 saturated heterocycles. The van der Waals surface area contributed by atoms with E-state index in [4.69, 9.17) is 9.57 Å². The van der Waals surface area contributed by atoms with Gasteiger partial charge in [-0.15, -0.1) is 0 Å². The van der Waals surface area contributed by atoms with Crippen molar-refractivity contribution in [3.05, 3.63) is 64.1 Å². The summed E-state index contributed by atoms with van der Waals surface area (Å²) in [5, 5.41) is 4.13. The number of hydrogen-bond acceptors (Lipinski definition) is 3. The van der Waals surface area contributed by atoms with E-state index in [9.17, 15) is 0 Å². The van der Waals surface area contributed by atoms with Gasteiger partial charge >= 0.3 is 0 Å². The number of rotatable bonds is 5. The Morgan fingerprint density at radius 2 is 1.65 bits per heavy atom. The maximum atomic E-state index is 5.16. The average Bonchev–Trinajstić information content (AvgIpc) is 2.49. The van der Waals surface area contributed by atoms with Gasteiger partial charge in [0.15, 0.2) is 0 Å². The molecule has 0 atom stereocenters. The second-order valence-electron chi connectivity index (χ2n) is 4.25. The van der Waals surface area contributed by atoms with Crippen LogP contribution in [0.1, 0.15) is 11.1 Å². The van der Waals surface area contributed by atoms with Crippen LogP contribution in [0.3, 0.4) is 0 Å². The maximum absolute atomic E-state index is 5.16. The molecule has 0 heterocycles. The Bertz CT molecular complexity index is 576. The van der Waals surface area contributed by atoms with Crippen molar-refractivity contribution in [2.24, 2.45) is 5.16 Å². The van der Waals surface area contributed by atoms with Crippen LogP contribution in [0.15, 0.2) is 58.2 Å². The summed E-state index contributed by atoms with van der Waals surface area (Å²) >= 11 is 3.43. The second-order valence-corrected chi connectivity index (χ2v) is 5.17. The van der Waals surface area contributed by atoms with Gasteiger partial charge in [-0.25, -0.2) is 0 Å². The highest BCUT2D eigenvalue weighted by Crippen LogP contribution is 2.16. The third-order valence-corrected chi connectivity index (χ3v) is 3.44. The zero-order valence-corrected chi connectivity index (χ0v) is 13.1. The number of oxime groups is 1. The SMILES string of the molecule is CON=C(Cc1ccc(Br)cc1)c1ccc(OC)cc1. The van der Waals surface area contributed by atoms with Gasteiger partial charge in [0.2, 0.25) is 0 Å². The number of ether oxygens (including phenoxy) is 1. The quantitative estimate of drug-likeness (QED) is 0.610. The summed E-state index contributed by atoms with van der Waals surface area (Å²) < 4.78 is 6.23. The van der Waals surface area contributed by atoms with E-state index in [1.54, 1.807) is 14.2 Å². The van der Waals surface area contributed by atoms with Gasteiger partial charge in [0.1, 0.15) is 12.9 Å². The molecule has 0 aliphatic carbocycles. The Hall–Kier alpha value is -1.81. The summed E-state index contributed by atoms with van der Waals surface area (Å²) in [7, 11) is 3.21. The number of hydrogen-bond donors (Lipinski definition) is 0. The van der Waals surface area contributed by atoms with E-state index >= 15 is 0 Å². The average molecular weight is 334 g/mol. The lowest BCUT2D eigenvalue weighted by Gasteiger charge is -2.07. The van der Waals surface area contributed by atoms with Gasteiger partial charge in [-0.1, -0.05) is 33.2 Å². The molecule has 0 aliphatic rings.